The van der Waals surface area contributed by atoms with Crippen molar-refractivity contribution in [3.05, 3.63) is 9.98 Å². The van der Waals surface area contributed by atoms with Gasteiger partial charge >= 0.3 is 0 Å². The zero-order valence-electron chi connectivity index (χ0n) is 9.65. The molecule has 1 aliphatic rings. The molecule has 0 spiro atoms. The highest BCUT2D eigenvalue weighted by Crippen LogP contribution is 2.37. The van der Waals surface area contributed by atoms with Crippen molar-refractivity contribution >= 4 is 32.4 Å². The van der Waals surface area contributed by atoms with E-state index in [4.69, 9.17) is 4.74 Å². The number of thiazole rings is 1. The monoisotopic (exact) mass is 304 g/mol. The third-order valence-electron chi connectivity index (χ3n) is 3.04. The smallest absolute Gasteiger partial charge is 0.186 e. The number of hydrogen-bond acceptors (Lipinski definition) is 4. The summed E-state index contributed by atoms with van der Waals surface area (Å²) in [7, 11) is 1.75. The molecule has 5 heteroatoms. The molecule has 0 amide bonds. The maximum absolute atomic E-state index is 5.17. The van der Waals surface area contributed by atoms with Crippen LogP contribution in [-0.2, 0) is 4.74 Å². The molecule has 1 unspecified atom stereocenters. The number of hydrogen-bond donors (Lipinski definition) is 0. The summed E-state index contributed by atoms with van der Waals surface area (Å²) >= 11 is 5.11. The molecule has 1 heterocycles. The van der Waals surface area contributed by atoms with E-state index in [0.717, 1.165) is 28.8 Å². The first-order valence-electron chi connectivity index (χ1n) is 5.59. The largest absolute Gasteiger partial charge is 0.383 e. The van der Waals surface area contributed by atoms with Crippen molar-refractivity contribution in [3.63, 3.8) is 0 Å². The van der Waals surface area contributed by atoms with Crippen LogP contribution in [0, 0.1) is 5.92 Å². The van der Waals surface area contributed by atoms with E-state index < -0.39 is 0 Å². The third-order valence-corrected chi connectivity index (χ3v) is 4.63. The molecule has 1 atom stereocenters. The second-order valence-electron chi connectivity index (χ2n) is 4.22. The molecule has 90 valence electrons. The van der Waals surface area contributed by atoms with Crippen molar-refractivity contribution in [2.45, 2.75) is 25.8 Å². The Morgan fingerprint density at radius 1 is 1.69 bits per heavy atom. The normalized spacial score (nSPS) is 17.4. The quantitative estimate of drug-likeness (QED) is 0.807. The summed E-state index contributed by atoms with van der Waals surface area (Å²) in [5.74, 6) is 0.847. The highest BCUT2D eigenvalue weighted by atomic mass is 79.9. The molecule has 0 bridgehead atoms. The Bertz CT molecular complexity index is 340. The van der Waals surface area contributed by atoms with Crippen LogP contribution in [0.3, 0.4) is 0 Å². The molecule has 16 heavy (non-hydrogen) atoms. The molecule has 1 aliphatic carbocycles. The van der Waals surface area contributed by atoms with E-state index in [-0.39, 0.29) is 0 Å². The van der Waals surface area contributed by atoms with Crippen molar-refractivity contribution in [3.8, 4) is 0 Å². The number of ether oxygens (including phenoxy) is 1. The van der Waals surface area contributed by atoms with Gasteiger partial charge in [0, 0.05) is 25.1 Å². The number of anilines is 1. The molecule has 0 aromatic carbocycles. The van der Waals surface area contributed by atoms with Crippen LogP contribution < -0.4 is 4.90 Å². The van der Waals surface area contributed by atoms with Gasteiger partial charge in [-0.25, -0.2) is 4.98 Å². The van der Waals surface area contributed by atoms with Crippen molar-refractivity contribution in [1.82, 2.24) is 4.98 Å². The highest BCUT2D eigenvalue weighted by Gasteiger charge is 2.32. The molecule has 1 fully saturated rings. The average Bonchev–Trinajstić information content (AvgIpc) is 3.03. The molecule has 0 radical (unpaired) electrons. The van der Waals surface area contributed by atoms with Gasteiger partial charge in [0.1, 0.15) is 4.60 Å². The van der Waals surface area contributed by atoms with E-state index in [9.17, 15) is 0 Å². The van der Waals surface area contributed by atoms with Gasteiger partial charge in [-0.2, -0.15) is 0 Å². The summed E-state index contributed by atoms with van der Waals surface area (Å²) in [5, 5.41) is 3.14. The van der Waals surface area contributed by atoms with E-state index in [2.05, 4.69) is 32.7 Å². The van der Waals surface area contributed by atoms with Gasteiger partial charge in [0.25, 0.3) is 0 Å². The van der Waals surface area contributed by atoms with Gasteiger partial charge in [0.15, 0.2) is 5.13 Å². The van der Waals surface area contributed by atoms with Gasteiger partial charge in [-0.1, -0.05) is 0 Å². The zero-order valence-corrected chi connectivity index (χ0v) is 12.1. The molecule has 1 aromatic rings. The predicted octanol–water partition coefficient (Wildman–Crippen LogP) is 3.16. The Labute approximate surface area is 109 Å². The van der Waals surface area contributed by atoms with E-state index in [1.165, 1.54) is 12.8 Å². The SMILES string of the molecule is COCCN(c1nc(Br)cs1)C(C)C1CC1. The molecule has 1 saturated carbocycles. The molecule has 0 saturated heterocycles. The molecule has 0 N–H and O–H groups in total. The topological polar surface area (TPSA) is 25.4 Å². The van der Waals surface area contributed by atoms with E-state index in [1.54, 1.807) is 18.4 Å². The fraction of sp³-hybridized carbons (Fsp3) is 0.727. The van der Waals surface area contributed by atoms with Gasteiger partial charge in [-0.05, 0) is 41.6 Å². The van der Waals surface area contributed by atoms with E-state index in [0.29, 0.717) is 6.04 Å². The Kier molecular flexibility index (Phi) is 4.21. The molecular weight excluding hydrogens is 288 g/mol. The first kappa shape index (κ1) is 12.3. The molecule has 1 aromatic heterocycles. The van der Waals surface area contributed by atoms with Crippen LogP contribution in [0.15, 0.2) is 9.98 Å². The standard InChI is InChI=1S/C11H17BrN2OS/c1-8(9-3-4-9)14(5-6-15-2)11-13-10(12)7-16-11/h7-9H,3-6H2,1-2H3. The summed E-state index contributed by atoms with van der Waals surface area (Å²) in [6.45, 7) is 3.98. The van der Waals surface area contributed by atoms with Crippen molar-refractivity contribution in [2.24, 2.45) is 5.92 Å². The maximum Gasteiger partial charge on any atom is 0.186 e. The lowest BCUT2D eigenvalue weighted by atomic mass is 10.2. The third kappa shape index (κ3) is 2.96. The Balaban J connectivity index is 2.06. The summed E-state index contributed by atoms with van der Waals surface area (Å²) in [6, 6.07) is 0.577. The van der Waals surface area contributed by atoms with Crippen LogP contribution in [-0.4, -0.2) is 31.3 Å². The zero-order chi connectivity index (χ0) is 11.5. The van der Waals surface area contributed by atoms with Crippen molar-refractivity contribution in [2.75, 3.05) is 25.2 Å². The number of halogens is 1. The van der Waals surface area contributed by atoms with Crippen LogP contribution in [0.2, 0.25) is 0 Å². The number of aromatic nitrogens is 1. The lowest BCUT2D eigenvalue weighted by Gasteiger charge is -2.28. The lowest BCUT2D eigenvalue weighted by Crippen LogP contribution is -2.37. The summed E-state index contributed by atoms with van der Waals surface area (Å²) < 4.78 is 6.10. The fourth-order valence-electron chi connectivity index (χ4n) is 1.87. The Morgan fingerprint density at radius 3 is 2.94 bits per heavy atom. The van der Waals surface area contributed by atoms with E-state index >= 15 is 0 Å². The molecule has 0 aliphatic heterocycles. The molecule has 3 nitrogen and oxygen atoms in total. The molecular formula is C11H17BrN2OS. The van der Waals surface area contributed by atoms with Crippen LogP contribution in [0.1, 0.15) is 19.8 Å². The van der Waals surface area contributed by atoms with Gasteiger partial charge < -0.3 is 9.64 Å². The first-order valence-corrected chi connectivity index (χ1v) is 7.26. The minimum absolute atomic E-state index is 0.577. The minimum atomic E-state index is 0.577. The van der Waals surface area contributed by atoms with Crippen LogP contribution in [0.4, 0.5) is 5.13 Å². The van der Waals surface area contributed by atoms with Gasteiger partial charge in [0.05, 0.1) is 6.61 Å². The average molecular weight is 305 g/mol. The maximum atomic E-state index is 5.17. The minimum Gasteiger partial charge on any atom is -0.383 e. The number of methoxy groups -OCH3 is 1. The van der Waals surface area contributed by atoms with E-state index in [1.807, 2.05) is 5.38 Å². The van der Waals surface area contributed by atoms with Gasteiger partial charge in [-0.15, -0.1) is 11.3 Å². The molecule has 2 rings (SSSR count). The van der Waals surface area contributed by atoms with Gasteiger partial charge in [-0.3, -0.25) is 0 Å². The van der Waals surface area contributed by atoms with Crippen molar-refractivity contribution < 1.29 is 4.74 Å². The van der Waals surface area contributed by atoms with Gasteiger partial charge in [0.2, 0.25) is 0 Å². The second kappa shape index (κ2) is 5.47. The Morgan fingerprint density at radius 2 is 2.44 bits per heavy atom. The Hall–Kier alpha value is -0.130. The van der Waals surface area contributed by atoms with Crippen molar-refractivity contribution in [1.29, 1.82) is 0 Å². The van der Waals surface area contributed by atoms with Crippen LogP contribution >= 0.6 is 27.3 Å². The fourth-order valence-corrected chi connectivity index (χ4v) is 3.24. The van der Waals surface area contributed by atoms with Crippen LogP contribution in [0.5, 0.6) is 0 Å². The second-order valence-corrected chi connectivity index (χ2v) is 5.87. The van der Waals surface area contributed by atoms with Crippen LogP contribution in [0.25, 0.3) is 0 Å². The highest BCUT2D eigenvalue weighted by molar-refractivity contribution is 9.10. The predicted molar refractivity (Wildman–Crippen MR) is 71.2 cm³/mol. The first-order chi connectivity index (χ1) is 7.72. The summed E-state index contributed by atoms with van der Waals surface area (Å²) in [5.41, 5.74) is 0. The number of rotatable bonds is 6. The summed E-state index contributed by atoms with van der Waals surface area (Å²) in [4.78, 5) is 6.87. The lowest BCUT2D eigenvalue weighted by molar-refractivity contribution is 0.202. The number of nitrogens with zero attached hydrogens (tertiary/aromatic N) is 2. The summed E-state index contributed by atoms with van der Waals surface area (Å²) in [6.07, 6.45) is 2.72.